The molecular weight excluding hydrogens is 475 g/mol. The zero-order chi connectivity index (χ0) is 22.0. The molecule has 0 fully saturated rings. The summed E-state index contributed by atoms with van der Waals surface area (Å²) in [4.78, 5) is 3.24. The van der Waals surface area contributed by atoms with Gasteiger partial charge in [-0.1, -0.05) is 35.5 Å². The number of hydrogen-bond donors (Lipinski definition) is 2. The minimum Gasteiger partial charge on any atom is -0.390 e. The molecule has 4 nitrogen and oxygen atoms in total. The maximum atomic E-state index is 10.2. The minimum absolute atomic E-state index is 0.160. The smallest absolute Gasteiger partial charge is 0.214 e. The van der Waals surface area contributed by atoms with Crippen molar-refractivity contribution in [1.82, 2.24) is 0 Å². The average molecular weight is 497 g/mol. The molecule has 2 unspecified atom stereocenters. The summed E-state index contributed by atoms with van der Waals surface area (Å²) >= 11 is 19.6. The number of halogens is 3. The van der Waals surface area contributed by atoms with Gasteiger partial charge in [0.2, 0.25) is 5.52 Å². The zero-order valence-electron chi connectivity index (χ0n) is 16.6. The molecule has 4 rings (SSSR count). The Bertz CT molecular complexity index is 1130. The lowest BCUT2D eigenvalue weighted by Gasteiger charge is -2.23. The lowest BCUT2D eigenvalue weighted by molar-refractivity contribution is -0.677. The fourth-order valence-electron chi connectivity index (χ4n) is 3.63. The first-order valence-electron chi connectivity index (χ1n) is 9.86. The topological polar surface area (TPSA) is 47.6 Å². The summed E-state index contributed by atoms with van der Waals surface area (Å²) in [6.45, 7) is 0.795. The number of hydrogen-bond acceptors (Lipinski definition) is 4. The highest BCUT2D eigenvalue weighted by atomic mass is 35.5. The van der Waals surface area contributed by atoms with Crippen LogP contribution in [0.2, 0.25) is 5.02 Å². The Morgan fingerprint density at radius 2 is 1.81 bits per heavy atom. The van der Waals surface area contributed by atoms with Crippen molar-refractivity contribution in [3.63, 3.8) is 0 Å². The number of aliphatic hydroxyl groups is 2. The van der Waals surface area contributed by atoms with Crippen molar-refractivity contribution in [2.24, 2.45) is 0 Å². The van der Waals surface area contributed by atoms with Gasteiger partial charge in [0, 0.05) is 22.1 Å². The molecule has 8 heteroatoms. The number of aromatic nitrogens is 1. The van der Waals surface area contributed by atoms with Crippen molar-refractivity contribution in [2.45, 2.75) is 23.6 Å². The maximum absolute atomic E-state index is 10.2. The fraction of sp³-hybridized carbons (Fsp3) is 0.261. The number of β-amino-alcohol motifs (C(OH)–C–C–N with tert-alkyl or cyclic N) is 1. The number of nitrogens with zero attached hydrogens (tertiary/aromatic N) is 2. The molecule has 1 aromatic heterocycles. The summed E-state index contributed by atoms with van der Waals surface area (Å²) in [5, 5.41) is 22.9. The van der Waals surface area contributed by atoms with Crippen molar-refractivity contribution >= 4 is 69.2 Å². The Kier molecular flexibility index (Phi) is 7.32. The van der Waals surface area contributed by atoms with E-state index in [0.717, 1.165) is 32.1 Å². The summed E-state index contributed by atoms with van der Waals surface area (Å²) in [6.07, 6.45) is 2.77. The minimum atomic E-state index is -0.648. The van der Waals surface area contributed by atoms with Gasteiger partial charge >= 0.3 is 0 Å². The van der Waals surface area contributed by atoms with Gasteiger partial charge in [-0.05, 0) is 35.9 Å². The fourth-order valence-corrected chi connectivity index (χ4v) is 5.11. The van der Waals surface area contributed by atoms with E-state index >= 15 is 0 Å². The van der Waals surface area contributed by atoms with Gasteiger partial charge in [-0.2, -0.15) is 4.57 Å². The SMILES string of the molecule is OC(CCl)CN1/C(=C/c2cc[n+](CC(O)CCl)c3cc(Cl)ccc23)Sc2ccccc21. The van der Waals surface area contributed by atoms with Crippen LogP contribution >= 0.6 is 46.6 Å². The van der Waals surface area contributed by atoms with Crippen LogP contribution in [0.5, 0.6) is 0 Å². The number of alkyl halides is 2. The first-order valence-corrected chi connectivity index (χ1v) is 12.1. The Hall–Kier alpha value is -1.47. The number of rotatable bonds is 7. The lowest BCUT2D eigenvalue weighted by Crippen LogP contribution is -2.41. The van der Waals surface area contributed by atoms with E-state index in [0.29, 0.717) is 18.1 Å². The third-order valence-electron chi connectivity index (χ3n) is 5.09. The van der Waals surface area contributed by atoms with Crippen LogP contribution in [0.1, 0.15) is 5.56 Å². The highest BCUT2D eigenvalue weighted by Gasteiger charge is 2.27. The van der Waals surface area contributed by atoms with E-state index in [1.807, 2.05) is 47.2 Å². The van der Waals surface area contributed by atoms with Crippen LogP contribution in [-0.4, -0.2) is 40.7 Å². The van der Waals surface area contributed by atoms with Gasteiger partial charge in [-0.3, -0.25) is 0 Å². The van der Waals surface area contributed by atoms with Crippen LogP contribution < -0.4 is 9.47 Å². The van der Waals surface area contributed by atoms with Gasteiger partial charge in [0.15, 0.2) is 12.7 Å². The molecule has 0 radical (unpaired) electrons. The molecule has 2 atom stereocenters. The van der Waals surface area contributed by atoms with Gasteiger partial charge in [0.1, 0.15) is 6.10 Å². The van der Waals surface area contributed by atoms with E-state index in [9.17, 15) is 10.2 Å². The van der Waals surface area contributed by atoms with Crippen molar-refractivity contribution in [1.29, 1.82) is 0 Å². The van der Waals surface area contributed by atoms with E-state index in [1.165, 1.54) is 0 Å². The summed E-state index contributed by atoms with van der Waals surface area (Å²) < 4.78 is 1.96. The number of para-hydroxylation sites is 1. The number of thioether (sulfide) groups is 1. The summed E-state index contributed by atoms with van der Waals surface area (Å²) in [6, 6.07) is 15.9. The molecule has 0 aliphatic carbocycles. The first kappa shape index (κ1) is 22.7. The molecule has 2 aromatic carbocycles. The number of anilines is 1. The normalized spacial score (nSPS) is 16.7. The van der Waals surface area contributed by atoms with Crippen molar-refractivity contribution < 1.29 is 14.8 Å². The maximum Gasteiger partial charge on any atom is 0.214 e. The predicted molar refractivity (Wildman–Crippen MR) is 130 cm³/mol. The van der Waals surface area contributed by atoms with Crippen LogP contribution in [0.3, 0.4) is 0 Å². The molecule has 0 spiro atoms. The molecule has 162 valence electrons. The molecule has 0 saturated carbocycles. The van der Waals surface area contributed by atoms with Gasteiger partial charge in [-0.15, -0.1) is 23.2 Å². The van der Waals surface area contributed by atoms with E-state index in [1.54, 1.807) is 11.8 Å². The van der Waals surface area contributed by atoms with Crippen LogP contribution in [0, 0.1) is 0 Å². The third-order valence-corrected chi connectivity index (χ3v) is 7.15. The van der Waals surface area contributed by atoms with E-state index in [4.69, 9.17) is 34.8 Å². The standard InChI is InChI=1S/C23H22Cl3N2O2S/c24-11-17(29)13-27-8-7-15(19-6-5-16(26)10-21(19)27)9-23-28(14-18(30)12-25)20-3-1-2-4-22(20)31-23/h1-10,17-18,29-30H,11-14H2/q+1. The van der Waals surface area contributed by atoms with Gasteiger partial charge in [0.25, 0.3) is 0 Å². The van der Waals surface area contributed by atoms with Crippen LogP contribution in [0.15, 0.2) is 64.7 Å². The van der Waals surface area contributed by atoms with Gasteiger partial charge in [0.05, 0.1) is 40.5 Å². The number of pyridine rings is 1. The highest BCUT2D eigenvalue weighted by Crippen LogP contribution is 2.46. The average Bonchev–Trinajstić information content (AvgIpc) is 3.12. The summed E-state index contributed by atoms with van der Waals surface area (Å²) in [7, 11) is 0. The molecule has 2 N–H and O–H groups in total. The predicted octanol–water partition coefficient (Wildman–Crippen LogP) is 4.89. The molecule has 0 bridgehead atoms. The molecule has 3 aromatic rings. The highest BCUT2D eigenvalue weighted by molar-refractivity contribution is 8.03. The number of benzene rings is 2. The Morgan fingerprint density at radius 3 is 2.58 bits per heavy atom. The van der Waals surface area contributed by atoms with Crippen molar-refractivity contribution in [3.8, 4) is 0 Å². The van der Waals surface area contributed by atoms with Crippen molar-refractivity contribution in [3.05, 3.63) is 70.3 Å². The second kappa shape index (κ2) is 9.99. The van der Waals surface area contributed by atoms with Gasteiger partial charge in [-0.25, -0.2) is 0 Å². The number of aliphatic hydroxyl groups excluding tert-OH is 2. The van der Waals surface area contributed by atoms with E-state index in [-0.39, 0.29) is 11.8 Å². The molecule has 1 aliphatic rings. The van der Waals surface area contributed by atoms with E-state index in [2.05, 4.69) is 23.1 Å². The van der Waals surface area contributed by atoms with Crippen LogP contribution in [0.25, 0.3) is 17.0 Å². The largest absolute Gasteiger partial charge is 0.390 e. The summed E-state index contributed by atoms with van der Waals surface area (Å²) in [5.41, 5.74) is 2.99. The lowest BCUT2D eigenvalue weighted by atomic mass is 10.1. The molecular formula is C23H22Cl3N2O2S+. The molecule has 0 saturated heterocycles. The van der Waals surface area contributed by atoms with E-state index < -0.39 is 12.2 Å². The van der Waals surface area contributed by atoms with Gasteiger partial charge < -0.3 is 15.1 Å². The first-order chi connectivity index (χ1) is 15.0. The monoisotopic (exact) mass is 495 g/mol. The zero-order valence-corrected chi connectivity index (χ0v) is 19.7. The number of fused-ring (bicyclic) bond motifs is 2. The quantitative estimate of drug-likeness (QED) is 0.361. The molecule has 1 aliphatic heterocycles. The summed E-state index contributed by atoms with van der Waals surface area (Å²) in [5.74, 6) is 0.333. The Balaban J connectivity index is 1.79. The molecule has 31 heavy (non-hydrogen) atoms. The van der Waals surface area contributed by atoms with Crippen LogP contribution in [-0.2, 0) is 6.54 Å². The second-order valence-corrected chi connectivity index (χ2v) is 9.48. The van der Waals surface area contributed by atoms with Crippen LogP contribution in [0.4, 0.5) is 5.69 Å². The third kappa shape index (κ3) is 4.98. The second-order valence-electron chi connectivity index (χ2n) is 7.36. The Morgan fingerprint density at radius 1 is 1.03 bits per heavy atom. The molecule has 0 amide bonds. The Labute approximate surface area is 200 Å². The molecule has 2 heterocycles. The van der Waals surface area contributed by atoms with Crippen molar-refractivity contribution in [2.75, 3.05) is 23.2 Å².